The van der Waals surface area contributed by atoms with Gasteiger partial charge in [0.05, 0.1) is 6.61 Å². The molecule has 25 heavy (non-hydrogen) atoms. The van der Waals surface area contributed by atoms with Crippen LogP contribution < -0.4 is 10.4 Å². The molecule has 1 aliphatic rings. The molecule has 0 spiro atoms. The van der Waals surface area contributed by atoms with E-state index in [9.17, 15) is 0 Å². The highest BCUT2D eigenvalue weighted by Crippen LogP contribution is 2.37. The molecule has 3 rings (SSSR count). The van der Waals surface area contributed by atoms with E-state index in [4.69, 9.17) is 8.54 Å². The van der Waals surface area contributed by atoms with Crippen molar-refractivity contribution in [2.75, 3.05) is 20.1 Å². The van der Waals surface area contributed by atoms with Gasteiger partial charge >= 0.3 is 0 Å². The molecule has 1 atom stereocenters. The molecular weight excluding hydrogens is 322 g/mol. The van der Waals surface area contributed by atoms with Crippen LogP contribution in [-0.2, 0) is 4.43 Å². The zero-order valence-corrected chi connectivity index (χ0v) is 16.5. The lowest BCUT2D eigenvalue weighted by Crippen LogP contribution is -2.67. The molecule has 0 bridgehead atoms. The van der Waals surface area contributed by atoms with Crippen molar-refractivity contribution in [3.8, 4) is 0 Å². The molecule has 1 fully saturated rings. The van der Waals surface area contributed by atoms with E-state index in [1.807, 2.05) is 12.1 Å². The Morgan fingerprint density at radius 3 is 2.08 bits per heavy atom. The number of hydrogen-bond acceptors (Lipinski definition) is 2. The average Bonchev–Trinajstić information content (AvgIpc) is 3.12. The van der Waals surface area contributed by atoms with E-state index in [2.05, 4.69) is 69.3 Å². The zero-order chi connectivity index (χ0) is 20.4. The predicted octanol–water partition coefficient (Wildman–Crippen LogP) is 3.66. The van der Waals surface area contributed by atoms with E-state index in [-0.39, 0.29) is 11.1 Å². The summed E-state index contributed by atoms with van der Waals surface area (Å²) in [5.74, 6) is 0. The Bertz CT molecular complexity index is 719. The van der Waals surface area contributed by atoms with Gasteiger partial charge in [-0.1, -0.05) is 81.4 Å². The quantitative estimate of drug-likeness (QED) is 0.758. The van der Waals surface area contributed by atoms with Crippen molar-refractivity contribution in [1.29, 1.82) is 0 Å². The number of rotatable bonds is 5. The van der Waals surface area contributed by atoms with Crippen LogP contribution in [0.3, 0.4) is 0 Å². The van der Waals surface area contributed by atoms with E-state index in [0.29, 0.717) is 13.2 Å². The third-order valence-corrected chi connectivity index (χ3v) is 10.3. The van der Waals surface area contributed by atoms with Gasteiger partial charge in [-0.05, 0) is 41.8 Å². The second-order valence-electron chi connectivity index (χ2n) is 7.96. The molecule has 0 unspecified atom stereocenters. The Morgan fingerprint density at radius 1 is 1.04 bits per heavy atom. The van der Waals surface area contributed by atoms with Crippen molar-refractivity contribution >= 4 is 18.7 Å². The lowest BCUT2D eigenvalue weighted by atomic mass is 10.2. The van der Waals surface area contributed by atoms with Crippen molar-refractivity contribution in [3.63, 3.8) is 0 Å². The molecule has 2 aromatic rings. The minimum Gasteiger partial charge on any atom is -0.406 e. The molecule has 1 saturated heterocycles. The van der Waals surface area contributed by atoms with E-state index in [1.165, 1.54) is 10.4 Å². The van der Waals surface area contributed by atoms with Gasteiger partial charge < -0.3 is 9.33 Å². The summed E-state index contributed by atoms with van der Waals surface area (Å²) in [6.45, 7) is 5.74. The zero-order valence-electron chi connectivity index (χ0n) is 18.5. The second kappa shape index (κ2) is 7.44. The van der Waals surface area contributed by atoms with Crippen LogP contribution in [0.25, 0.3) is 0 Å². The van der Waals surface area contributed by atoms with Crippen molar-refractivity contribution < 1.29 is 8.54 Å². The number of likely N-dealkylation sites (N-methyl/N-ethyl adjacent to an activating group) is 1. The first-order valence-electron chi connectivity index (χ1n) is 10.7. The Hall–Kier alpha value is -1.42. The smallest absolute Gasteiger partial charge is 0.261 e. The standard InChI is InChI=1S/C22H31NOSi/c1-22(2,3)25(20-13-7-5-8-14-20,21-15-9-6-10-16-21)24-18-19-12-11-17-23(19)4/h5-10,13-16,19H,11-12,17-18H2,1-4H3/t19-/m0/s1/i4D3. The fraction of sp³-hybridized carbons (Fsp3) is 0.455. The molecule has 0 amide bonds. The third-order valence-electron chi connectivity index (χ3n) is 5.29. The van der Waals surface area contributed by atoms with Gasteiger partial charge in [0.15, 0.2) is 0 Å². The van der Waals surface area contributed by atoms with Crippen molar-refractivity contribution in [2.45, 2.75) is 44.7 Å². The summed E-state index contributed by atoms with van der Waals surface area (Å²) in [4.78, 5) is 1.64. The average molecular weight is 357 g/mol. The van der Waals surface area contributed by atoms with Crippen LogP contribution >= 0.6 is 0 Å². The largest absolute Gasteiger partial charge is 0.406 e. The third kappa shape index (κ3) is 3.59. The lowest BCUT2D eigenvalue weighted by molar-refractivity contribution is 0.189. The van der Waals surface area contributed by atoms with Crippen LogP contribution in [0.15, 0.2) is 60.7 Å². The summed E-state index contributed by atoms with van der Waals surface area (Å²) in [6, 6.07) is 20.9. The first kappa shape index (κ1) is 14.7. The molecule has 1 aliphatic heterocycles. The Balaban J connectivity index is 2.02. The molecule has 3 heteroatoms. The minimum absolute atomic E-state index is 0.0610. The monoisotopic (exact) mass is 356 g/mol. The maximum absolute atomic E-state index is 7.86. The number of nitrogens with zero attached hydrogens (tertiary/aromatic N) is 1. The molecule has 2 nitrogen and oxygen atoms in total. The van der Waals surface area contributed by atoms with E-state index < -0.39 is 15.3 Å². The maximum Gasteiger partial charge on any atom is 0.261 e. The summed E-state index contributed by atoms with van der Waals surface area (Å²) in [5.41, 5.74) is 0. The molecule has 2 aromatic carbocycles. The minimum atomic E-state index is -2.62. The Kier molecular flexibility index (Phi) is 4.38. The first-order chi connectivity index (χ1) is 13.2. The van der Waals surface area contributed by atoms with Gasteiger partial charge in [0.1, 0.15) is 0 Å². The second-order valence-corrected chi connectivity index (χ2v) is 12.3. The van der Waals surface area contributed by atoms with Crippen molar-refractivity contribution in [3.05, 3.63) is 60.7 Å². The highest BCUT2D eigenvalue weighted by molar-refractivity contribution is 6.99. The molecule has 0 N–H and O–H groups in total. The first-order valence-corrected chi connectivity index (χ1v) is 11.1. The number of likely N-dealkylation sites (tertiary alicyclic amines) is 1. The van der Waals surface area contributed by atoms with E-state index >= 15 is 0 Å². The van der Waals surface area contributed by atoms with Gasteiger partial charge in [0.25, 0.3) is 8.32 Å². The SMILES string of the molecule is [2H]C([2H])([2H])N1CCC[C@H]1CO[Si](c1ccccc1)(c1ccccc1)C(C)(C)C. The highest BCUT2D eigenvalue weighted by atomic mass is 28.4. The lowest BCUT2D eigenvalue weighted by Gasteiger charge is -2.44. The summed E-state index contributed by atoms with van der Waals surface area (Å²) < 4.78 is 30.5. The number of benzene rings is 2. The predicted molar refractivity (Wildman–Crippen MR) is 109 cm³/mol. The van der Waals surface area contributed by atoms with Crippen LogP contribution in [-0.4, -0.2) is 39.4 Å². The molecule has 0 aliphatic carbocycles. The fourth-order valence-electron chi connectivity index (χ4n) is 3.99. The molecule has 0 radical (unpaired) electrons. The summed E-state index contributed by atoms with van der Waals surface area (Å²) in [5, 5.41) is 2.36. The normalized spacial score (nSPS) is 21.6. The van der Waals surface area contributed by atoms with Crippen molar-refractivity contribution in [2.24, 2.45) is 0 Å². The van der Waals surface area contributed by atoms with Crippen molar-refractivity contribution in [1.82, 2.24) is 4.90 Å². The Labute approximate surface area is 158 Å². The topological polar surface area (TPSA) is 12.5 Å². The summed E-state index contributed by atoms with van der Waals surface area (Å²) >= 11 is 0. The van der Waals surface area contributed by atoms with Gasteiger partial charge in [-0.25, -0.2) is 0 Å². The van der Waals surface area contributed by atoms with Gasteiger partial charge in [0, 0.05) is 10.2 Å². The molecule has 0 saturated carbocycles. The van der Waals surface area contributed by atoms with E-state index in [1.54, 1.807) is 4.90 Å². The van der Waals surface area contributed by atoms with Crippen LogP contribution in [0, 0.1) is 0 Å². The van der Waals surface area contributed by atoms with E-state index in [0.717, 1.165) is 12.8 Å². The van der Waals surface area contributed by atoms with Crippen LogP contribution in [0.5, 0.6) is 0 Å². The number of hydrogen-bond donors (Lipinski definition) is 0. The molecule has 1 heterocycles. The summed E-state index contributed by atoms with van der Waals surface area (Å²) in [6.07, 6.45) is 1.78. The molecule has 134 valence electrons. The van der Waals surface area contributed by atoms with Crippen LogP contribution in [0.2, 0.25) is 5.04 Å². The van der Waals surface area contributed by atoms with Crippen LogP contribution in [0.4, 0.5) is 0 Å². The van der Waals surface area contributed by atoms with Gasteiger partial charge in [-0.2, -0.15) is 0 Å². The Morgan fingerprint density at radius 2 is 1.60 bits per heavy atom. The summed E-state index contributed by atoms with van der Waals surface area (Å²) in [7, 11) is -2.62. The van der Waals surface area contributed by atoms with Gasteiger partial charge in [0.2, 0.25) is 0 Å². The van der Waals surface area contributed by atoms with Gasteiger partial charge in [-0.15, -0.1) is 0 Å². The molecular formula is C22H31NOSi. The van der Waals surface area contributed by atoms with Crippen LogP contribution in [0.1, 0.15) is 37.7 Å². The molecule has 0 aromatic heterocycles. The van der Waals surface area contributed by atoms with Gasteiger partial charge in [-0.3, -0.25) is 0 Å². The highest BCUT2D eigenvalue weighted by Gasteiger charge is 2.50. The fourth-order valence-corrected chi connectivity index (χ4v) is 8.59. The maximum atomic E-state index is 7.86.